The molecular formula is C32H45NO4. The summed E-state index contributed by atoms with van der Waals surface area (Å²) in [5.74, 6) is 2.53. The summed E-state index contributed by atoms with van der Waals surface area (Å²) in [7, 11) is 0. The van der Waals surface area contributed by atoms with Gasteiger partial charge in [0.15, 0.2) is 0 Å². The highest BCUT2D eigenvalue weighted by atomic mass is 16.4. The number of rotatable bonds is 6. The highest BCUT2D eigenvalue weighted by Gasteiger charge is 2.55. The predicted octanol–water partition coefficient (Wildman–Crippen LogP) is 6.10. The quantitative estimate of drug-likeness (QED) is 0.405. The Morgan fingerprint density at radius 1 is 1.19 bits per heavy atom. The first-order valence-electron chi connectivity index (χ1n) is 14.2. The molecule has 0 spiro atoms. The second kappa shape index (κ2) is 9.66. The minimum Gasteiger partial charge on any atom is -0.445 e. The first kappa shape index (κ1) is 26.6. The summed E-state index contributed by atoms with van der Waals surface area (Å²) < 4.78 is 5.80. The standard InChI is InChI=1S/C32H45NO4/c1-20-19-33-29(37-20)32(15-16-32)28(36)12-14-30(3,4)27-11-10-25-22(7-6-13-31(25,27)5)8-9-23-17-24(34)18-26(35)21(23)2/h8-9,12,14,19,24-28,34-36H,2,6-7,10-11,13,15-18H2,1,3-5H3/b14-12+,22-8+,23-9-/t24-,25+,26+,27-,28+,31+/m1/s1. The van der Waals surface area contributed by atoms with Gasteiger partial charge in [-0.1, -0.05) is 57.2 Å². The van der Waals surface area contributed by atoms with Gasteiger partial charge in [0.25, 0.3) is 0 Å². The van der Waals surface area contributed by atoms with Crippen molar-refractivity contribution in [2.75, 3.05) is 0 Å². The number of fused-ring (bicyclic) bond motifs is 1. The molecule has 0 saturated heterocycles. The normalized spacial score (nSPS) is 36.9. The van der Waals surface area contributed by atoms with Gasteiger partial charge >= 0.3 is 0 Å². The van der Waals surface area contributed by atoms with Gasteiger partial charge in [-0.15, -0.1) is 0 Å². The van der Waals surface area contributed by atoms with Crippen molar-refractivity contribution in [3.63, 3.8) is 0 Å². The average Bonchev–Trinajstić information content (AvgIpc) is 3.40. The van der Waals surface area contributed by atoms with E-state index < -0.39 is 18.3 Å². The highest BCUT2D eigenvalue weighted by Crippen LogP contribution is 2.62. The number of aromatic nitrogens is 1. The van der Waals surface area contributed by atoms with Crippen LogP contribution in [-0.2, 0) is 5.41 Å². The lowest BCUT2D eigenvalue weighted by atomic mass is 9.57. The summed E-state index contributed by atoms with van der Waals surface area (Å²) in [6, 6.07) is 0. The zero-order chi connectivity index (χ0) is 26.6. The molecule has 1 heterocycles. The molecule has 1 aromatic rings. The van der Waals surface area contributed by atoms with Crippen molar-refractivity contribution in [2.24, 2.45) is 22.7 Å². The molecule has 5 rings (SSSR count). The first-order chi connectivity index (χ1) is 17.5. The second-order valence-corrected chi connectivity index (χ2v) is 13.2. The Balaban J connectivity index is 1.33. The SMILES string of the molecule is C=C1/C(=C\C=C2/CCC[C@]3(C)[C@@H](C(C)(C)/C=C/[C@H](O)C4(c5ncc(C)o5)CC4)CC[C@@H]23)C[C@@H](O)C[C@@H]1O. The van der Waals surface area contributed by atoms with Crippen molar-refractivity contribution in [1.82, 2.24) is 4.98 Å². The number of allylic oxidation sites excluding steroid dienone is 4. The Kier molecular flexibility index (Phi) is 6.96. The minimum absolute atomic E-state index is 0.0418. The van der Waals surface area contributed by atoms with Gasteiger partial charge in [0.05, 0.1) is 29.9 Å². The molecule has 0 aliphatic heterocycles. The number of oxazole rings is 1. The van der Waals surface area contributed by atoms with Gasteiger partial charge in [-0.05, 0) is 92.1 Å². The van der Waals surface area contributed by atoms with Gasteiger partial charge in [-0.3, -0.25) is 0 Å². The highest BCUT2D eigenvalue weighted by molar-refractivity contribution is 5.39. The maximum Gasteiger partial charge on any atom is 0.203 e. The van der Waals surface area contributed by atoms with Crippen LogP contribution in [-0.4, -0.2) is 38.6 Å². The molecule has 5 heteroatoms. The van der Waals surface area contributed by atoms with Crippen LogP contribution in [0.1, 0.15) is 90.2 Å². The molecule has 6 atom stereocenters. The zero-order valence-corrected chi connectivity index (χ0v) is 23.0. The van der Waals surface area contributed by atoms with E-state index in [2.05, 4.69) is 50.6 Å². The summed E-state index contributed by atoms with van der Waals surface area (Å²) in [5, 5.41) is 31.5. The van der Waals surface area contributed by atoms with Crippen molar-refractivity contribution in [3.8, 4) is 0 Å². The van der Waals surface area contributed by atoms with Gasteiger partial charge in [-0.2, -0.15) is 0 Å². The van der Waals surface area contributed by atoms with E-state index in [1.165, 1.54) is 31.3 Å². The number of aryl methyl sites for hydroxylation is 1. The lowest BCUT2D eigenvalue weighted by molar-refractivity contribution is 0.0705. The molecule has 0 aromatic carbocycles. The van der Waals surface area contributed by atoms with Crippen molar-refractivity contribution in [2.45, 2.75) is 109 Å². The maximum absolute atomic E-state index is 11.2. The van der Waals surface area contributed by atoms with E-state index in [0.717, 1.165) is 36.2 Å². The van der Waals surface area contributed by atoms with Crippen molar-refractivity contribution in [1.29, 1.82) is 0 Å². The van der Waals surface area contributed by atoms with Gasteiger partial charge in [0.1, 0.15) is 5.76 Å². The molecule has 202 valence electrons. The topological polar surface area (TPSA) is 86.7 Å². The molecule has 4 fully saturated rings. The van der Waals surface area contributed by atoms with E-state index in [1.54, 1.807) is 6.20 Å². The van der Waals surface area contributed by atoms with E-state index in [-0.39, 0.29) is 16.2 Å². The van der Waals surface area contributed by atoms with Gasteiger partial charge in [0, 0.05) is 6.42 Å². The number of hydrogen-bond donors (Lipinski definition) is 3. The van der Waals surface area contributed by atoms with Crippen LogP contribution in [0.4, 0.5) is 0 Å². The third-order valence-electron chi connectivity index (χ3n) is 10.2. The van der Waals surface area contributed by atoms with Gasteiger partial charge in [0.2, 0.25) is 5.89 Å². The van der Waals surface area contributed by atoms with Crippen LogP contribution >= 0.6 is 0 Å². The largest absolute Gasteiger partial charge is 0.445 e. The Morgan fingerprint density at radius 2 is 1.95 bits per heavy atom. The molecule has 5 nitrogen and oxygen atoms in total. The Hall–Kier alpha value is -1.95. The van der Waals surface area contributed by atoms with Crippen LogP contribution in [0.3, 0.4) is 0 Å². The molecule has 37 heavy (non-hydrogen) atoms. The Morgan fingerprint density at radius 3 is 2.62 bits per heavy atom. The maximum atomic E-state index is 11.2. The van der Waals surface area contributed by atoms with Crippen LogP contribution in [0, 0.1) is 29.6 Å². The summed E-state index contributed by atoms with van der Waals surface area (Å²) in [4.78, 5) is 4.43. The van der Waals surface area contributed by atoms with E-state index in [1.807, 2.05) is 13.0 Å². The van der Waals surface area contributed by atoms with Crippen molar-refractivity contribution in [3.05, 3.63) is 65.5 Å². The van der Waals surface area contributed by atoms with Crippen molar-refractivity contribution >= 4 is 0 Å². The zero-order valence-electron chi connectivity index (χ0n) is 23.0. The molecule has 0 radical (unpaired) electrons. The van der Waals surface area contributed by atoms with Crippen LogP contribution < -0.4 is 0 Å². The van der Waals surface area contributed by atoms with E-state index in [0.29, 0.717) is 30.6 Å². The van der Waals surface area contributed by atoms with E-state index in [9.17, 15) is 15.3 Å². The Labute approximate surface area is 222 Å². The van der Waals surface area contributed by atoms with Crippen LogP contribution in [0.5, 0.6) is 0 Å². The van der Waals surface area contributed by atoms with Crippen LogP contribution in [0.25, 0.3) is 0 Å². The minimum atomic E-state index is -0.647. The predicted molar refractivity (Wildman–Crippen MR) is 146 cm³/mol. The summed E-state index contributed by atoms with van der Waals surface area (Å²) >= 11 is 0. The Bertz CT molecular complexity index is 1120. The molecule has 0 amide bonds. The molecule has 3 N–H and O–H groups in total. The van der Waals surface area contributed by atoms with E-state index in [4.69, 9.17) is 4.42 Å². The average molecular weight is 508 g/mol. The molecule has 0 bridgehead atoms. The molecule has 4 saturated carbocycles. The fourth-order valence-electron chi connectivity index (χ4n) is 7.92. The van der Waals surface area contributed by atoms with E-state index >= 15 is 0 Å². The fraction of sp³-hybridized carbons (Fsp3) is 0.656. The number of aliphatic hydroxyl groups excluding tert-OH is 3. The third-order valence-corrected chi connectivity index (χ3v) is 10.2. The number of hydrogen-bond acceptors (Lipinski definition) is 5. The third kappa shape index (κ3) is 4.84. The number of nitrogens with zero attached hydrogens (tertiary/aromatic N) is 1. The van der Waals surface area contributed by atoms with Crippen LogP contribution in [0.2, 0.25) is 0 Å². The second-order valence-electron chi connectivity index (χ2n) is 13.2. The van der Waals surface area contributed by atoms with Gasteiger partial charge < -0.3 is 19.7 Å². The molecule has 4 aliphatic rings. The fourth-order valence-corrected chi connectivity index (χ4v) is 7.92. The lowest BCUT2D eigenvalue weighted by Crippen LogP contribution is -2.39. The smallest absolute Gasteiger partial charge is 0.203 e. The number of aliphatic hydroxyl groups is 3. The molecular weight excluding hydrogens is 462 g/mol. The molecule has 0 unspecified atom stereocenters. The monoisotopic (exact) mass is 507 g/mol. The van der Waals surface area contributed by atoms with Gasteiger partial charge in [-0.25, -0.2) is 4.98 Å². The summed E-state index contributed by atoms with van der Waals surface area (Å²) in [6.07, 6.45) is 17.3. The molecule has 1 aromatic heterocycles. The summed E-state index contributed by atoms with van der Waals surface area (Å²) in [6.45, 7) is 13.1. The van der Waals surface area contributed by atoms with Crippen LogP contribution in [0.15, 0.2) is 58.2 Å². The first-order valence-corrected chi connectivity index (χ1v) is 14.2. The molecule has 4 aliphatic carbocycles. The summed E-state index contributed by atoms with van der Waals surface area (Å²) in [5.41, 5.74) is 3.04. The van der Waals surface area contributed by atoms with Crippen molar-refractivity contribution < 1.29 is 19.7 Å². The lowest BCUT2D eigenvalue weighted by Gasteiger charge is -2.47.